The minimum absolute atomic E-state index is 0.0838. The van der Waals surface area contributed by atoms with Gasteiger partial charge in [0, 0.05) is 24.2 Å². The van der Waals surface area contributed by atoms with Crippen molar-refractivity contribution in [3.05, 3.63) is 24.0 Å². The molecule has 0 saturated heterocycles. The van der Waals surface area contributed by atoms with Gasteiger partial charge in [-0.25, -0.2) is 8.42 Å². The Balaban J connectivity index is 2.70. The fraction of sp³-hybridized carbons (Fsp3) is 0.250. The van der Waals surface area contributed by atoms with Crippen LogP contribution in [-0.4, -0.2) is 31.9 Å². The summed E-state index contributed by atoms with van der Waals surface area (Å²) in [6.07, 6.45) is 4.56. The highest BCUT2D eigenvalue weighted by Gasteiger charge is 2.19. The van der Waals surface area contributed by atoms with Gasteiger partial charge in [-0.3, -0.25) is 9.98 Å². The summed E-state index contributed by atoms with van der Waals surface area (Å²) >= 11 is 0. The average Bonchev–Trinajstić information content (AvgIpc) is 2.26. The molecular formula is C8H8N2O2S. The molecule has 1 aromatic heterocycles. The maximum Gasteiger partial charge on any atom is 0.180 e. The lowest BCUT2D eigenvalue weighted by Gasteiger charge is -2.01. The highest BCUT2D eigenvalue weighted by Crippen LogP contribution is 2.16. The number of nitrogens with zero attached hydrogens (tertiary/aromatic N) is 2. The number of hydrogen-bond acceptors (Lipinski definition) is 4. The first kappa shape index (κ1) is 8.37. The second-order valence-electron chi connectivity index (χ2n) is 2.77. The number of rotatable bonds is 0. The van der Waals surface area contributed by atoms with Crippen LogP contribution in [-0.2, 0) is 9.84 Å². The molecule has 0 N–H and O–H groups in total. The molecule has 5 heteroatoms. The van der Waals surface area contributed by atoms with E-state index in [9.17, 15) is 8.42 Å². The van der Waals surface area contributed by atoms with Crippen LogP contribution >= 0.6 is 0 Å². The second-order valence-corrected chi connectivity index (χ2v) is 4.85. The number of aromatic nitrogens is 1. The molecule has 0 spiro atoms. The molecule has 0 saturated carbocycles. The van der Waals surface area contributed by atoms with Crippen molar-refractivity contribution in [2.45, 2.75) is 4.90 Å². The van der Waals surface area contributed by atoms with Crippen LogP contribution in [0.2, 0.25) is 0 Å². The van der Waals surface area contributed by atoms with Crippen LogP contribution in [0.1, 0.15) is 5.56 Å². The standard InChI is InChI=1S/C8H8N2O2S/c11-13(12)4-3-10-6-7-5-9-2-1-8(7)13/h1-2,5-6H,3-4H2. The van der Waals surface area contributed by atoms with E-state index in [1.165, 1.54) is 18.5 Å². The van der Waals surface area contributed by atoms with Crippen molar-refractivity contribution in [1.82, 2.24) is 4.98 Å². The largest absolute Gasteiger partial charge is 0.291 e. The van der Waals surface area contributed by atoms with Gasteiger partial charge < -0.3 is 0 Å². The molecule has 0 amide bonds. The van der Waals surface area contributed by atoms with Gasteiger partial charge in [-0.05, 0) is 6.07 Å². The number of sulfone groups is 1. The quantitative estimate of drug-likeness (QED) is 0.599. The smallest absolute Gasteiger partial charge is 0.180 e. The molecule has 1 aromatic rings. The summed E-state index contributed by atoms with van der Waals surface area (Å²) in [4.78, 5) is 8.15. The molecule has 0 bridgehead atoms. The lowest BCUT2D eigenvalue weighted by molar-refractivity contribution is 0.596. The van der Waals surface area contributed by atoms with Gasteiger partial charge in [0.05, 0.1) is 17.2 Å². The number of fused-ring (bicyclic) bond motifs is 1. The van der Waals surface area contributed by atoms with Crippen LogP contribution < -0.4 is 0 Å². The Morgan fingerprint density at radius 1 is 1.38 bits per heavy atom. The molecule has 0 aliphatic carbocycles. The predicted octanol–water partition coefficient (Wildman–Crippen LogP) is 0.288. The highest BCUT2D eigenvalue weighted by atomic mass is 32.2. The zero-order chi connectivity index (χ0) is 9.31. The van der Waals surface area contributed by atoms with Crippen LogP contribution in [0.15, 0.2) is 28.3 Å². The maximum atomic E-state index is 11.6. The van der Waals surface area contributed by atoms with Crippen molar-refractivity contribution in [3.8, 4) is 0 Å². The number of hydrogen-bond donors (Lipinski definition) is 0. The summed E-state index contributed by atoms with van der Waals surface area (Å²) in [5.41, 5.74) is 0.583. The van der Waals surface area contributed by atoms with E-state index in [2.05, 4.69) is 9.98 Å². The summed E-state index contributed by atoms with van der Waals surface area (Å²) in [5, 5.41) is 0. The van der Waals surface area contributed by atoms with Gasteiger partial charge in [-0.2, -0.15) is 0 Å². The van der Waals surface area contributed by atoms with Crippen molar-refractivity contribution < 1.29 is 8.42 Å². The van der Waals surface area contributed by atoms with E-state index in [-0.39, 0.29) is 5.75 Å². The van der Waals surface area contributed by atoms with Gasteiger partial charge in [0.1, 0.15) is 0 Å². The van der Waals surface area contributed by atoms with Crippen molar-refractivity contribution in [2.24, 2.45) is 4.99 Å². The van der Waals surface area contributed by atoms with Crippen LogP contribution in [0, 0.1) is 0 Å². The third-order valence-electron chi connectivity index (χ3n) is 1.86. The molecule has 0 radical (unpaired) electrons. The second kappa shape index (κ2) is 2.92. The Morgan fingerprint density at radius 3 is 3.08 bits per heavy atom. The summed E-state index contributed by atoms with van der Waals surface area (Å²) in [5.74, 6) is 0.0838. The molecule has 0 aromatic carbocycles. The predicted molar refractivity (Wildman–Crippen MR) is 48.8 cm³/mol. The van der Waals surface area contributed by atoms with Crippen molar-refractivity contribution in [3.63, 3.8) is 0 Å². The number of aliphatic imine (C=N–C) groups is 1. The molecule has 0 atom stereocenters. The van der Waals surface area contributed by atoms with Crippen LogP contribution in [0.4, 0.5) is 0 Å². The first-order chi connectivity index (χ1) is 6.20. The fourth-order valence-corrected chi connectivity index (χ4v) is 2.52. The van der Waals surface area contributed by atoms with Gasteiger partial charge in [-0.1, -0.05) is 0 Å². The van der Waals surface area contributed by atoms with E-state index in [1.807, 2.05) is 0 Å². The highest BCUT2D eigenvalue weighted by molar-refractivity contribution is 7.91. The third-order valence-corrected chi connectivity index (χ3v) is 3.63. The lowest BCUT2D eigenvalue weighted by Crippen LogP contribution is -2.08. The zero-order valence-corrected chi connectivity index (χ0v) is 7.66. The lowest BCUT2D eigenvalue weighted by atomic mass is 10.3. The number of pyridine rings is 1. The first-order valence-electron chi connectivity index (χ1n) is 3.87. The van der Waals surface area contributed by atoms with Crippen LogP contribution in [0.5, 0.6) is 0 Å². The minimum Gasteiger partial charge on any atom is -0.291 e. The molecule has 2 heterocycles. The topological polar surface area (TPSA) is 59.4 Å². The molecule has 0 unspecified atom stereocenters. The SMILES string of the molecule is O=S1(=O)CCN=Cc2cnccc21. The average molecular weight is 196 g/mol. The van der Waals surface area contributed by atoms with Gasteiger partial charge in [0.15, 0.2) is 9.84 Å². The Kier molecular flexibility index (Phi) is 1.88. The van der Waals surface area contributed by atoms with Crippen molar-refractivity contribution >= 4 is 16.1 Å². The van der Waals surface area contributed by atoms with Gasteiger partial charge >= 0.3 is 0 Å². The van der Waals surface area contributed by atoms with Crippen molar-refractivity contribution in [1.29, 1.82) is 0 Å². The van der Waals surface area contributed by atoms with E-state index in [0.29, 0.717) is 17.0 Å². The molecule has 4 nitrogen and oxygen atoms in total. The zero-order valence-electron chi connectivity index (χ0n) is 6.84. The Bertz CT molecular complexity index is 451. The van der Waals surface area contributed by atoms with Crippen molar-refractivity contribution in [2.75, 3.05) is 12.3 Å². The van der Waals surface area contributed by atoms with E-state index in [1.54, 1.807) is 6.21 Å². The molecule has 1 aliphatic heterocycles. The molecule has 0 fully saturated rings. The molecular weight excluding hydrogens is 188 g/mol. The monoisotopic (exact) mass is 196 g/mol. The van der Waals surface area contributed by atoms with E-state index < -0.39 is 9.84 Å². The Hall–Kier alpha value is -1.23. The normalized spacial score (nSPS) is 19.1. The Labute approximate surface area is 76.3 Å². The molecule has 13 heavy (non-hydrogen) atoms. The Morgan fingerprint density at radius 2 is 2.23 bits per heavy atom. The summed E-state index contributed by atoms with van der Waals surface area (Å²) in [6, 6.07) is 1.52. The summed E-state index contributed by atoms with van der Waals surface area (Å²) in [7, 11) is -3.14. The summed E-state index contributed by atoms with van der Waals surface area (Å²) in [6.45, 7) is 0.330. The molecule has 68 valence electrons. The van der Waals surface area contributed by atoms with Gasteiger partial charge in [0.25, 0.3) is 0 Å². The first-order valence-corrected chi connectivity index (χ1v) is 5.52. The molecule has 1 aliphatic rings. The third kappa shape index (κ3) is 1.47. The minimum atomic E-state index is -3.14. The van der Waals surface area contributed by atoms with E-state index in [0.717, 1.165) is 0 Å². The van der Waals surface area contributed by atoms with Gasteiger partial charge in [0.2, 0.25) is 0 Å². The summed E-state index contributed by atoms with van der Waals surface area (Å²) < 4.78 is 23.2. The fourth-order valence-electron chi connectivity index (χ4n) is 1.22. The van der Waals surface area contributed by atoms with Crippen LogP contribution in [0.25, 0.3) is 0 Å². The van der Waals surface area contributed by atoms with E-state index >= 15 is 0 Å². The maximum absolute atomic E-state index is 11.6. The van der Waals surface area contributed by atoms with Gasteiger partial charge in [-0.15, -0.1) is 0 Å². The van der Waals surface area contributed by atoms with Crippen LogP contribution in [0.3, 0.4) is 0 Å². The molecule has 2 rings (SSSR count). The van der Waals surface area contributed by atoms with E-state index in [4.69, 9.17) is 0 Å².